The van der Waals surface area contributed by atoms with E-state index >= 15 is 0 Å². The molecule has 0 aliphatic heterocycles. The van der Waals surface area contributed by atoms with Crippen LogP contribution in [0.15, 0.2) is 53.3 Å². The lowest BCUT2D eigenvalue weighted by molar-refractivity contribution is -0.146. The van der Waals surface area contributed by atoms with Gasteiger partial charge < -0.3 is 4.74 Å². The minimum absolute atomic E-state index is 0.245. The van der Waals surface area contributed by atoms with E-state index in [9.17, 15) is 9.59 Å². The van der Waals surface area contributed by atoms with E-state index in [4.69, 9.17) is 16.3 Å². The van der Waals surface area contributed by atoms with Gasteiger partial charge in [0, 0.05) is 10.6 Å². The van der Waals surface area contributed by atoms with Gasteiger partial charge in [-0.2, -0.15) is 0 Å². The largest absolute Gasteiger partial charge is 0.464 e. The zero-order valence-corrected chi connectivity index (χ0v) is 14.7. The highest BCUT2D eigenvalue weighted by molar-refractivity contribution is 6.30. The van der Waals surface area contributed by atoms with Crippen molar-refractivity contribution in [2.75, 3.05) is 6.61 Å². The first-order valence-corrected chi connectivity index (χ1v) is 8.34. The lowest BCUT2D eigenvalue weighted by Crippen LogP contribution is -2.31. The minimum atomic E-state index is -0.796. The summed E-state index contributed by atoms with van der Waals surface area (Å²) in [5, 5.41) is 1.04. The molecule has 128 valence electrons. The minimum Gasteiger partial charge on any atom is -0.464 e. The fourth-order valence-electron chi connectivity index (χ4n) is 2.68. The van der Waals surface area contributed by atoms with E-state index in [1.807, 2.05) is 6.07 Å². The molecule has 0 saturated carbocycles. The summed E-state index contributed by atoms with van der Waals surface area (Å²) < 4.78 is 6.47. The molecule has 1 atom stereocenters. The Bertz CT molecular complexity index is 980. The molecule has 1 heterocycles. The van der Waals surface area contributed by atoms with Gasteiger partial charge in [-0.25, -0.2) is 9.78 Å². The molecule has 1 aromatic heterocycles. The monoisotopic (exact) mass is 356 g/mol. The topological polar surface area (TPSA) is 61.2 Å². The van der Waals surface area contributed by atoms with Crippen molar-refractivity contribution in [3.05, 3.63) is 63.9 Å². The average molecular weight is 357 g/mol. The molecule has 0 N–H and O–H groups in total. The lowest BCUT2D eigenvalue weighted by atomic mass is 10.1. The molecule has 3 rings (SSSR count). The second kappa shape index (κ2) is 7.07. The number of halogens is 1. The molecule has 0 aliphatic carbocycles. The number of fused-ring (bicyclic) bond motifs is 1. The van der Waals surface area contributed by atoms with Gasteiger partial charge in [-0.05, 0) is 50.2 Å². The van der Waals surface area contributed by atoms with E-state index in [1.54, 1.807) is 56.3 Å². The van der Waals surface area contributed by atoms with Gasteiger partial charge in [0.15, 0.2) is 0 Å². The zero-order valence-electron chi connectivity index (χ0n) is 13.9. The number of carbonyl (C=O) groups is 1. The highest BCUT2D eigenvalue weighted by Crippen LogP contribution is 2.24. The molecule has 0 spiro atoms. The van der Waals surface area contributed by atoms with Gasteiger partial charge in [0.05, 0.1) is 17.5 Å². The molecule has 2 aromatic carbocycles. The van der Waals surface area contributed by atoms with Crippen LogP contribution in [0.3, 0.4) is 0 Å². The smallest absolute Gasteiger partial charge is 0.329 e. The van der Waals surface area contributed by atoms with E-state index in [0.29, 0.717) is 27.3 Å². The third-order valence-corrected chi connectivity index (χ3v) is 4.18. The standard InChI is InChI=1S/C19H17ClN2O3/c1-3-25-19(24)12(2)22-17(13-8-10-14(20)11-9-13)21-16-7-5-4-6-15(16)18(22)23/h4-12H,3H2,1-2H3. The summed E-state index contributed by atoms with van der Waals surface area (Å²) in [6.07, 6.45) is 0. The number of carbonyl (C=O) groups excluding carboxylic acids is 1. The Morgan fingerprint density at radius 2 is 1.88 bits per heavy atom. The van der Waals surface area contributed by atoms with Crippen LogP contribution in [-0.2, 0) is 9.53 Å². The van der Waals surface area contributed by atoms with Crippen LogP contribution in [0.4, 0.5) is 0 Å². The quantitative estimate of drug-likeness (QED) is 0.666. The van der Waals surface area contributed by atoms with Crippen molar-refractivity contribution in [2.45, 2.75) is 19.9 Å². The number of aromatic nitrogens is 2. The molecule has 5 nitrogen and oxygen atoms in total. The highest BCUT2D eigenvalue weighted by atomic mass is 35.5. The van der Waals surface area contributed by atoms with Gasteiger partial charge >= 0.3 is 5.97 Å². The fourth-order valence-corrected chi connectivity index (χ4v) is 2.80. The summed E-state index contributed by atoms with van der Waals surface area (Å²) in [4.78, 5) is 29.9. The molecule has 1 unspecified atom stereocenters. The van der Waals surface area contributed by atoms with E-state index in [2.05, 4.69) is 4.98 Å². The molecule has 0 fully saturated rings. The molecule has 0 saturated heterocycles. The van der Waals surface area contributed by atoms with Gasteiger partial charge in [0.1, 0.15) is 11.9 Å². The van der Waals surface area contributed by atoms with Crippen LogP contribution in [0.1, 0.15) is 19.9 Å². The summed E-state index contributed by atoms with van der Waals surface area (Å²) in [5.41, 5.74) is 0.990. The number of hydrogen-bond donors (Lipinski definition) is 0. The summed E-state index contributed by atoms with van der Waals surface area (Å²) in [6.45, 7) is 3.61. The number of esters is 1. The number of ether oxygens (including phenoxy) is 1. The molecular weight excluding hydrogens is 340 g/mol. The molecule has 3 aromatic rings. The highest BCUT2D eigenvalue weighted by Gasteiger charge is 2.23. The van der Waals surface area contributed by atoms with Gasteiger partial charge in [-0.15, -0.1) is 0 Å². The summed E-state index contributed by atoms with van der Waals surface area (Å²) in [6, 6.07) is 13.2. The predicted molar refractivity (Wildman–Crippen MR) is 97.8 cm³/mol. The SMILES string of the molecule is CCOC(=O)C(C)n1c(-c2ccc(Cl)cc2)nc2ccccc2c1=O. The maximum atomic E-state index is 13.0. The van der Waals surface area contributed by atoms with Crippen molar-refractivity contribution in [1.82, 2.24) is 9.55 Å². The Morgan fingerprint density at radius 3 is 2.56 bits per heavy atom. The molecule has 0 amide bonds. The molecule has 0 aliphatic rings. The van der Waals surface area contributed by atoms with Crippen LogP contribution in [-0.4, -0.2) is 22.1 Å². The van der Waals surface area contributed by atoms with Crippen LogP contribution >= 0.6 is 11.6 Å². The number of nitrogens with zero attached hydrogens (tertiary/aromatic N) is 2. The first kappa shape index (κ1) is 17.2. The number of benzene rings is 2. The maximum absolute atomic E-state index is 13.0. The first-order valence-electron chi connectivity index (χ1n) is 7.96. The van der Waals surface area contributed by atoms with Crippen molar-refractivity contribution in [2.24, 2.45) is 0 Å². The maximum Gasteiger partial charge on any atom is 0.329 e. The molecule has 0 bridgehead atoms. The number of para-hydroxylation sites is 1. The fraction of sp³-hybridized carbons (Fsp3) is 0.211. The lowest BCUT2D eigenvalue weighted by Gasteiger charge is -2.19. The Kier molecular flexibility index (Phi) is 4.86. The van der Waals surface area contributed by atoms with Crippen molar-refractivity contribution >= 4 is 28.5 Å². The number of hydrogen-bond acceptors (Lipinski definition) is 4. The van der Waals surface area contributed by atoms with Crippen LogP contribution in [0, 0.1) is 0 Å². The van der Waals surface area contributed by atoms with Crippen LogP contribution in [0.25, 0.3) is 22.3 Å². The van der Waals surface area contributed by atoms with Crippen molar-refractivity contribution in [1.29, 1.82) is 0 Å². The van der Waals surface area contributed by atoms with Gasteiger partial charge in [-0.3, -0.25) is 9.36 Å². The predicted octanol–water partition coefficient (Wildman–Crippen LogP) is 3.84. The van der Waals surface area contributed by atoms with E-state index in [1.165, 1.54) is 4.57 Å². The average Bonchev–Trinajstić information content (AvgIpc) is 2.62. The van der Waals surface area contributed by atoms with E-state index in [0.717, 1.165) is 0 Å². The molecule has 0 radical (unpaired) electrons. The summed E-state index contributed by atoms with van der Waals surface area (Å²) in [5.74, 6) is -0.0715. The van der Waals surface area contributed by atoms with E-state index in [-0.39, 0.29) is 12.2 Å². The Balaban J connectivity index is 2.29. The zero-order chi connectivity index (χ0) is 18.0. The Labute approximate surface area is 149 Å². The Morgan fingerprint density at radius 1 is 1.20 bits per heavy atom. The van der Waals surface area contributed by atoms with Crippen LogP contribution in [0.5, 0.6) is 0 Å². The van der Waals surface area contributed by atoms with Gasteiger partial charge in [-0.1, -0.05) is 23.7 Å². The third kappa shape index (κ3) is 3.28. The second-order valence-corrected chi connectivity index (χ2v) is 6.00. The Hall–Kier alpha value is -2.66. The third-order valence-electron chi connectivity index (χ3n) is 3.93. The van der Waals surface area contributed by atoms with Crippen LogP contribution < -0.4 is 5.56 Å². The van der Waals surface area contributed by atoms with Crippen molar-refractivity contribution in [3.8, 4) is 11.4 Å². The van der Waals surface area contributed by atoms with Crippen LogP contribution in [0.2, 0.25) is 5.02 Å². The molecule has 25 heavy (non-hydrogen) atoms. The van der Waals surface area contributed by atoms with Crippen molar-refractivity contribution < 1.29 is 9.53 Å². The van der Waals surface area contributed by atoms with Crippen molar-refractivity contribution in [3.63, 3.8) is 0 Å². The first-order chi connectivity index (χ1) is 12.0. The molecular formula is C19H17ClN2O3. The molecule has 6 heteroatoms. The second-order valence-electron chi connectivity index (χ2n) is 5.56. The van der Waals surface area contributed by atoms with E-state index < -0.39 is 12.0 Å². The number of rotatable bonds is 4. The summed E-state index contributed by atoms with van der Waals surface area (Å²) >= 11 is 5.96. The van der Waals surface area contributed by atoms with Gasteiger partial charge in [0.2, 0.25) is 0 Å². The van der Waals surface area contributed by atoms with Gasteiger partial charge in [0.25, 0.3) is 5.56 Å². The normalized spacial score (nSPS) is 12.1. The summed E-state index contributed by atoms with van der Waals surface area (Å²) in [7, 11) is 0.